The fourth-order valence-electron chi connectivity index (χ4n) is 6.25. The number of halogens is 2. The number of nitrogens with zero attached hydrogens (tertiary/aromatic N) is 2. The molecule has 3 aliphatic heterocycles. The van der Waals surface area contributed by atoms with Crippen LogP contribution >= 0.6 is 0 Å². The smallest absolute Gasteiger partial charge is 0.274 e. The van der Waals surface area contributed by atoms with Crippen LogP contribution in [0.5, 0.6) is 5.75 Å². The summed E-state index contributed by atoms with van der Waals surface area (Å²) in [4.78, 5) is 41.5. The van der Waals surface area contributed by atoms with Gasteiger partial charge in [0.05, 0.1) is 12.6 Å². The highest BCUT2D eigenvalue weighted by atomic mass is 19.1. The first-order valence-corrected chi connectivity index (χ1v) is 13.9. The lowest BCUT2D eigenvalue weighted by Gasteiger charge is -2.42. The summed E-state index contributed by atoms with van der Waals surface area (Å²) in [5, 5.41) is 13.4. The Balaban J connectivity index is 1.35. The number of pyridine rings is 1. The maximum absolute atomic E-state index is 14.4. The van der Waals surface area contributed by atoms with Crippen molar-refractivity contribution in [1.82, 2.24) is 14.8 Å². The van der Waals surface area contributed by atoms with Gasteiger partial charge in [0.25, 0.3) is 11.8 Å². The maximum atomic E-state index is 14.4. The van der Waals surface area contributed by atoms with E-state index in [4.69, 9.17) is 9.47 Å². The van der Waals surface area contributed by atoms with Crippen LogP contribution in [0.1, 0.15) is 63.3 Å². The van der Waals surface area contributed by atoms with Crippen molar-refractivity contribution < 1.29 is 33.0 Å². The molecule has 2 fully saturated rings. The van der Waals surface area contributed by atoms with Crippen molar-refractivity contribution in [2.75, 3.05) is 13.2 Å². The van der Waals surface area contributed by atoms with Crippen LogP contribution < -0.4 is 10.7 Å². The first kappa shape index (κ1) is 28.0. The predicted octanol–water partition coefficient (Wildman–Crippen LogP) is 3.60. The van der Waals surface area contributed by atoms with Crippen molar-refractivity contribution >= 4 is 11.8 Å². The molecule has 0 aliphatic carbocycles. The largest absolute Gasteiger partial charge is 0.503 e. The van der Waals surface area contributed by atoms with Crippen LogP contribution in [0, 0.1) is 18.6 Å². The molecule has 3 aromatic rings. The van der Waals surface area contributed by atoms with Crippen molar-refractivity contribution in [3.63, 3.8) is 0 Å². The number of aryl methyl sites for hydroxylation is 1. The molecule has 3 aliphatic rings. The van der Waals surface area contributed by atoms with E-state index in [9.17, 15) is 28.3 Å². The van der Waals surface area contributed by atoms with Gasteiger partial charge >= 0.3 is 0 Å². The van der Waals surface area contributed by atoms with Gasteiger partial charge in [-0.3, -0.25) is 14.4 Å². The number of benzene rings is 2. The number of aromatic hydroxyl groups is 1. The Morgan fingerprint density at radius 1 is 1.17 bits per heavy atom. The second kappa shape index (κ2) is 10.6. The molecule has 2 bridgehead atoms. The van der Waals surface area contributed by atoms with Crippen molar-refractivity contribution in [1.29, 1.82) is 0 Å². The molecule has 1 unspecified atom stereocenters. The third-order valence-electron chi connectivity index (χ3n) is 8.58. The van der Waals surface area contributed by atoms with Gasteiger partial charge in [0, 0.05) is 37.3 Å². The zero-order chi connectivity index (χ0) is 29.8. The molecular weight excluding hydrogens is 548 g/mol. The number of ether oxygens (including phenoxy) is 2. The summed E-state index contributed by atoms with van der Waals surface area (Å²) < 4.78 is 42.9. The zero-order valence-electron chi connectivity index (χ0n) is 23.2. The molecule has 11 heteroatoms. The summed E-state index contributed by atoms with van der Waals surface area (Å²) in [7, 11) is 0. The number of fused-ring (bicyclic) bond motifs is 5. The van der Waals surface area contributed by atoms with Gasteiger partial charge in [-0.25, -0.2) is 8.78 Å². The van der Waals surface area contributed by atoms with Crippen LogP contribution in [0.3, 0.4) is 0 Å². The number of hydrogen-bond donors (Lipinski definition) is 2. The number of carbonyl (C=O) groups excluding carboxylic acids is 2. The number of aromatic nitrogens is 1. The average Bonchev–Trinajstić information content (AvgIpc) is 3.31. The Bertz CT molecular complexity index is 1600. The van der Waals surface area contributed by atoms with Gasteiger partial charge in [-0.2, -0.15) is 0 Å². The van der Waals surface area contributed by atoms with E-state index in [1.165, 1.54) is 17.7 Å². The van der Waals surface area contributed by atoms with Gasteiger partial charge in [0.15, 0.2) is 17.7 Å². The molecule has 1 spiro atoms. The highest BCUT2D eigenvalue weighted by molar-refractivity contribution is 5.99. The van der Waals surface area contributed by atoms with Crippen LogP contribution in [0.4, 0.5) is 8.78 Å². The van der Waals surface area contributed by atoms with E-state index in [1.54, 1.807) is 4.90 Å². The monoisotopic (exact) mass is 579 g/mol. The number of hydrogen-bond acceptors (Lipinski definition) is 6. The highest BCUT2D eigenvalue weighted by Gasteiger charge is 2.54. The van der Waals surface area contributed by atoms with Crippen LogP contribution in [-0.2, 0) is 22.4 Å². The highest BCUT2D eigenvalue weighted by Crippen LogP contribution is 2.45. The summed E-state index contributed by atoms with van der Waals surface area (Å²) >= 11 is 0. The Labute approximate surface area is 240 Å². The lowest BCUT2D eigenvalue weighted by Crippen LogP contribution is -2.53. The average molecular weight is 580 g/mol. The van der Waals surface area contributed by atoms with Crippen molar-refractivity contribution in [3.8, 4) is 5.75 Å². The Morgan fingerprint density at radius 3 is 2.60 bits per heavy atom. The zero-order valence-corrected chi connectivity index (χ0v) is 23.2. The first-order chi connectivity index (χ1) is 20.1. The van der Waals surface area contributed by atoms with Crippen LogP contribution in [0.2, 0.25) is 0 Å². The molecule has 2 aromatic carbocycles. The molecule has 2 saturated heterocycles. The minimum absolute atomic E-state index is 0.193. The molecule has 42 heavy (non-hydrogen) atoms. The van der Waals surface area contributed by atoms with Gasteiger partial charge in [-0.05, 0) is 49.9 Å². The van der Waals surface area contributed by atoms with E-state index >= 15 is 0 Å². The Morgan fingerprint density at radius 2 is 1.88 bits per heavy atom. The molecule has 220 valence electrons. The van der Waals surface area contributed by atoms with Gasteiger partial charge in [0.1, 0.15) is 22.8 Å². The van der Waals surface area contributed by atoms with E-state index in [1.807, 2.05) is 37.3 Å². The van der Waals surface area contributed by atoms with Gasteiger partial charge in [-0.1, -0.05) is 30.3 Å². The lowest BCUT2D eigenvalue weighted by molar-refractivity contribution is -0.108. The van der Waals surface area contributed by atoms with E-state index in [-0.39, 0.29) is 30.5 Å². The number of nitrogens with one attached hydrogen (secondary N) is 1. The summed E-state index contributed by atoms with van der Waals surface area (Å²) in [5.41, 5.74) is -1.59. The van der Waals surface area contributed by atoms with Gasteiger partial charge < -0.3 is 29.4 Å². The predicted molar refractivity (Wildman–Crippen MR) is 147 cm³/mol. The van der Waals surface area contributed by atoms with E-state index in [2.05, 4.69) is 5.32 Å². The first-order valence-electron chi connectivity index (χ1n) is 13.9. The Kier molecular flexibility index (Phi) is 7.10. The third-order valence-corrected chi connectivity index (χ3v) is 8.58. The van der Waals surface area contributed by atoms with Gasteiger partial charge in [0.2, 0.25) is 5.43 Å². The standard InChI is InChI=1S/C31H31F2N3O6/c1-17-10-22(32)20(23(33)11-17)13-34-29(39)21-14-36-24-15-35(30(40)26(36)28(38)27(21)37)18(2)8-9-31(24)16-41-25(42-31)12-19-6-4-3-5-7-19/h3-7,10-11,14,18,24-25,38H,8-9,12-13,15-16H2,1-2H3,(H,34,39)/t18-,24+,25?,31+/m0/s1. The number of carbonyl (C=O) groups is 2. The van der Waals surface area contributed by atoms with Crippen molar-refractivity contribution in [3.05, 3.63) is 98.5 Å². The Hall–Kier alpha value is -4.09. The summed E-state index contributed by atoms with van der Waals surface area (Å²) in [6.07, 6.45) is 2.33. The fraction of sp³-hybridized carbons (Fsp3) is 0.387. The summed E-state index contributed by atoms with van der Waals surface area (Å²) in [6, 6.07) is 11.3. The number of amides is 2. The maximum Gasteiger partial charge on any atom is 0.274 e. The molecule has 0 radical (unpaired) electrons. The second-order valence-electron chi connectivity index (χ2n) is 11.3. The molecular formula is C31H31F2N3O6. The van der Waals surface area contributed by atoms with Crippen LogP contribution in [0.25, 0.3) is 0 Å². The molecule has 2 amide bonds. The van der Waals surface area contributed by atoms with Crippen molar-refractivity contribution in [2.45, 2.75) is 63.6 Å². The molecule has 0 saturated carbocycles. The summed E-state index contributed by atoms with van der Waals surface area (Å²) in [6.45, 7) is 3.36. The SMILES string of the molecule is Cc1cc(F)c(CNC(=O)c2cn3c(c(O)c2=O)C(=O)N2C[C@@H]3[C@@]3(CC[C@@H]2C)COC(Cc2ccccc2)O3)c(F)c1. The molecule has 6 rings (SSSR count). The quantitative estimate of drug-likeness (QED) is 0.478. The van der Waals surface area contributed by atoms with Crippen LogP contribution in [0.15, 0.2) is 53.5 Å². The normalized spacial score (nSPS) is 24.9. The topological polar surface area (TPSA) is 110 Å². The molecule has 2 N–H and O–H groups in total. The van der Waals surface area contributed by atoms with E-state index < -0.39 is 64.7 Å². The van der Waals surface area contributed by atoms with Crippen LogP contribution in [-0.4, -0.2) is 57.5 Å². The minimum Gasteiger partial charge on any atom is -0.503 e. The molecule has 9 nitrogen and oxygen atoms in total. The second-order valence-corrected chi connectivity index (χ2v) is 11.3. The number of rotatable bonds is 5. The molecule has 4 heterocycles. The molecule has 4 atom stereocenters. The van der Waals surface area contributed by atoms with E-state index in [0.717, 1.165) is 17.7 Å². The molecule has 1 aromatic heterocycles. The third kappa shape index (κ3) is 4.76. The van der Waals surface area contributed by atoms with Gasteiger partial charge in [-0.15, -0.1) is 0 Å². The summed E-state index contributed by atoms with van der Waals surface area (Å²) in [5.74, 6) is -4.00. The fourth-order valence-corrected chi connectivity index (χ4v) is 6.25. The van der Waals surface area contributed by atoms with E-state index in [0.29, 0.717) is 24.8 Å². The van der Waals surface area contributed by atoms with Crippen molar-refractivity contribution in [2.24, 2.45) is 0 Å². The lowest BCUT2D eigenvalue weighted by atomic mass is 9.88. The minimum atomic E-state index is -1.05.